The zero-order valence-corrected chi connectivity index (χ0v) is 46.9. The molecule has 16 nitrogen and oxygen atoms in total. The number of alkyl halides is 12. The molecule has 8 aromatic carbocycles. The summed E-state index contributed by atoms with van der Waals surface area (Å²) in [5.74, 6) is -12.7. The van der Waals surface area contributed by atoms with Gasteiger partial charge in [-0.05, 0) is 142 Å². The summed E-state index contributed by atoms with van der Waals surface area (Å²) in [5, 5.41) is 50.5. The molecule has 0 aliphatic heterocycles. The number of ether oxygens (including phenoxy) is 6. The van der Waals surface area contributed by atoms with Gasteiger partial charge in [-0.25, -0.2) is 17.6 Å². The van der Waals surface area contributed by atoms with Crippen LogP contribution in [0.25, 0.3) is 33.4 Å². The van der Waals surface area contributed by atoms with Gasteiger partial charge in [-0.15, -0.1) is 52.7 Å². The van der Waals surface area contributed by atoms with Crippen LogP contribution in [0.15, 0.2) is 174 Å². The summed E-state index contributed by atoms with van der Waals surface area (Å²) in [5.41, 5.74) is 2.52. The van der Waals surface area contributed by atoms with Crippen molar-refractivity contribution in [2.75, 3.05) is 0 Å². The van der Waals surface area contributed by atoms with E-state index in [0.717, 1.165) is 48.5 Å². The van der Waals surface area contributed by atoms with Crippen molar-refractivity contribution in [1.29, 1.82) is 0 Å². The monoisotopic (exact) mass is 1380 g/mol. The molecule has 0 saturated carbocycles. The van der Waals surface area contributed by atoms with Crippen molar-refractivity contribution in [2.45, 2.75) is 38.3 Å². The van der Waals surface area contributed by atoms with Gasteiger partial charge in [0, 0.05) is 4.47 Å². The summed E-state index contributed by atoms with van der Waals surface area (Å²) >= 11 is 2.90. The third-order valence-corrected chi connectivity index (χ3v) is 10.9. The molecular weight excluding hydrogens is 1350 g/mol. The Balaban J connectivity index is 0.000000298. The number of halogens is 17. The van der Waals surface area contributed by atoms with Gasteiger partial charge in [-0.3, -0.25) is 19.2 Å². The topological polar surface area (TPSA) is 245 Å². The maximum absolute atomic E-state index is 14.0. The molecule has 0 saturated heterocycles. The van der Waals surface area contributed by atoms with E-state index >= 15 is 0 Å². The van der Waals surface area contributed by atoms with Crippen LogP contribution in [0.5, 0.6) is 46.0 Å². The Labute approximate surface area is 514 Å². The van der Waals surface area contributed by atoms with Crippen LogP contribution in [0.2, 0.25) is 0 Å². The summed E-state index contributed by atoms with van der Waals surface area (Å²) in [4.78, 5) is 43.2. The van der Waals surface area contributed by atoms with Gasteiger partial charge in [0.1, 0.15) is 35.8 Å². The van der Waals surface area contributed by atoms with Crippen LogP contribution in [-0.2, 0) is 19.2 Å². The fraction of sp³-hybridized carbons (Fsp3) is 0.103. The summed E-state index contributed by atoms with van der Waals surface area (Å²) in [7, 11) is -1.46. The predicted molar refractivity (Wildman–Crippen MR) is 292 cm³/mol. The fourth-order valence-electron chi connectivity index (χ4n) is 6.66. The summed E-state index contributed by atoms with van der Waals surface area (Å²) < 4.78 is 223. The Kier molecular flexibility index (Phi) is 26.7. The van der Waals surface area contributed by atoms with Gasteiger partial charge >= 0.3 is 56.4 Å². The highest BCUT2D eigenvalue weighted by Gasteiger charge is 2.35. The van der Waals surface area contributed by atoms with Crippen molar-refractivity contribution < 1.29 is 148 Å². The van der Waals surface area contributed by atoms with Crippen molar-refractivity contribution >= 4 is 52.4 Å². The number of phenolic OH excluding ortho intramolecular Hbond substituents is 2. The van der Waals surface area contributed by atoms with E-state index in [0.29, 0.717) is 32.2 Å². The number of carbonyl (C=O) groups excluding carboxylic acids is 2. The normalized spacial score (nSPS) is 11.0. The lowest BCUT2D eigenvalue weighted by molar-refractivity contribution is -0.276. The van der Waals surface area contributed by atoms with Gasteiger partial charge in [-0.2, -0.15) is 0 Å². The number of esters is 2. The number of benzene rings is 8. The van der Waals surface area contributed by atoms with E-state index in [2.05, 4.69) is 34.9 Å². The molecule has 0 aliphatic carbocycles. The molecular formula is C58H38BBrF16O16. The Hall–Kier alpha value is -10.2. The number of carboxylic acids is 2. The van der Waals surface area contributed by atoms with Crippen molar-refractivity contribution in [3.05, 3.63) is 198 Å². The minimum atomic E-state index is -5.05. The third kappa shape index (κ3) is 27.7. The van der Waals surface area contributed by atoms with E-state index in [-0.39, 0.29) is 34.1 Å². The first-order valence-corrected chi connectivity index (χ1v) is 25.4. The van der Waals surface area contributed by atoms with Crippen LogP contribution in [0.3, 0.4) is 0 Å². The molecule has 92 heavy (non-hydrogen) atoms. The second kappa shape index (κ2) is 33.0. The first-order valence-electron chi connectivity index (χ1n) is 24.6. The molecule has 0 radical (unpaired) electrons. The third-order valence-electron chi connectivity index (χ3n) is 10.4. The lowest BCUT2D eigenvalue weighted by Crippen LogP contribution is -2.29. The average molecular weight is 1390 g/mol. The van der Waals surface area contributed by atoms with Crippen LogP contribution in [0.4, 0.5) is 70.2 Å². The molecule has 0 bridgehead atoms. The zero-order chi connectivity index (χ0) is 68.9. The average Bonchev–Trinajstić information content (AvgIpc) is 0.889. The van der Waals surface area contributed by atoms with Crippen molar-refractivity contribution in [3.8, 4) is 79.4 Å². The standard InChI is InChI=1S/C29H16F8O6.C13H8F4O2.C7H3BrF4O.C6H7BO3.C3H4O4/c30-22-13-18(5-11-24(22)42-28(32,33)34)16-1-7-20(8-2-16)40-26(38)15-27(39)41-21-9-3-17(4-10-21)19-6-12-25(23(31)14-19)43-29(35,36)37;14-11-7-9(8-1-4-10(18)5-2-8)3-6-12(11)19-13(15,16)17;8-4-1-2-6(5(9)3-4)13-7(10,11)12;8-6-3-1-5(2-4-6)7(9)10;4-2(5)1-3(6)7/h1-14H,15H2;1-7,18H;1-3H;1-4,8-10H;1H2,(H,4,5)(H,6,7). The van der Waals surface area contributed by atoms with E-state index in [1.165, 1.54) is 121 Å². The number of hydrogen-bond acceptors (Lipinski definition) is 14. The minimum absolute atomic E-state index is 0.0160. The molecule has 0 amide bonds. The Bertz CT molecular complexity index is 3630. The minimum Gasteiger partial charge on any atom is -0.508 e. The van der Waals surface area contributed by atoms with Gasteiger partial charge in [0.15, 0.2) is 46.3 Å². The number of aliphatic carboxylic acids is 2. The number of carbonyl (C=O) groups is 4. The number of rotatable bonds is 14. The Morgan fingerprint density at radius 3 is 0.880 bits per heavy atom. The molecule has 0 spiro atoms. The first kappa shape index (κ1) is 74.3. The largest absolute Gasteiger partial charge is 0.573 e. The van der Waals surface area contributed by atoms with Crippen LogP contribution in [0.1, 0.15) is 12.8 Å². The molecule has 6 N–H and O–H groups in total. The maximum atomic E-state index is 14.0. The summed E-state index contributed by atoms with van der Waals surface area (Å²) in [6, 6.07) is 34.3. The van der Waals surface area contributed by atoms with Gasteiger partial charge in [-0.1, -0.05) is 82.7 Å². The quantitative estimate of drug-likeness (QED) is 0.0195. The van der Waals surface area contributed by atoms with Gasteiger partial charge in [0.2, 0.25) is 0 Å². The highest BCUT2D eigenvalue weighted by Crippen LogP contribution is 2.34. The molecule has 0 aromatic heterocycles. The molecule has 34 heteroatoms. The molecule has 0 fully saturated rings. The van der Waals surface area contributed by atoms with Crippen LogP contribution in [0, 0.1) is 23.3 Å². The lowest BCUT2D eigenvalue weighted by Gasteiger charge is -2.11. The smallest absolute Gasteiger partial charge is 0.508 e. The van der Waals surface area contributed by atoms with Crippen molar-refractivity contribution in [1.82, 2.24) is 0 Å². The Morgan fingerprint density at radius 2 is 0.630 bits per heavy atom. The second-order valence-corrected chi connectivity index (χ2v) is 18.3. The van der Waals surface area contributed by atoms with E-state index in [1.807, 2.05) is 0 Å². The first-order chi connectivity index (χ1) is 42.7. The van der Waals surface area contributed by atoms with Crippen LogP contribution >= 0.6 is 15.9 Å². The predicted octanol–water partition coefficient (Wildman–Crippen LogP) is 14.2. The molecule has 0 atom stereocenters. The zero-order valence-electron chi connectivity index (χ0n) is 45.3. The van der Waals surface area contributed by atoms with E-state index in [9.17, 15) is 89.4 Å². The van der Waals surface area contributed by atoms with E-state index in [4.69, 9.17) is 39.9 Å². The SMILES string of the molecule is Fc1cc(Br)ccc1OC(F)(F)F.O=C(CC(=O)Oc1ccc(-c2ccc(OC(F)(F)F)c(F)c2)cc1)Oc1ccc(-c2ccc(OC(F)(F)F)c(F)c2)cc1.O=C(O)CC(=O)O.OB(O)c1ccc(O)cc1.Oc1ccc(-c2ccc(OC(F)(F)F)c(F)c2)cc1. The van der Waals surface area contributed by atoms with Crippen LogP contribution < -0.4 is 33.9 Å². The summed E-state index contributed by atoms with van der Waals surface area (Å²) in [6.45, 7) is 0. The fourth-order valence-corrected chi connectivity index (χ4v) is 6.99. The molecule has 0 heterocycles. The summed E-state index contributed by atoms with van der Waals surface area (Å²) in [6.07, 6.45) is -21.5. The number of carboxylic acid groups (broad SMARTS) is 2. The van der Waals surface area contributed by atoms with E-state index in [1.54, 1.807) is 0 Å². The second-order valence-electron chi connectivity index (χ2n) is 17.4. The lowest BCUT2D eigenvalue weighted by atomic mass is 9.80. The molecule has 8 aromatic rings. The van der Waals surface area contributed by atoms with Gasteiger partial charge in [0.25, 0.3) is 0 Å². The Morgan fingerprint density at radius 1 is 0.370 bits per heavy atom. The molecule has 488 valence electrons. The van der Waals surface area contributed by atoms with Crippen LogP contribution in [-0.4, -0.2) is 86.9 Å². The van der Waals surface area contributed by atoms with Crippen molar-refractivity contribution in [3.63, 3.8) is 0 Å². The van der Waals surface area contributed by atoms with Gasteiger partial charge in [0.05, 0.1) is 0 Å². The highest BCUT2D eigenvalue weighted by atomic mass is 79.9. The van der Waals surface area contributed by atoms with Gasteiger partial charge < -0.3 is 58.9 Å². The molecule has 0 aliphatic rings. The maximum Gasteiger partial charge on any atom is 0.573 e. The van der Waals surface area contributed by atoms with E-state index < -0.39 is 116 Å². The number of phenols is 2. The number of hydrogen-bond donors (Lipinski definition) is 6. The molecule has 8 rings (SSSR count). The van der Waals surface area contributed by atoms with Crippen molar-refractivity contribution in [2.24, 2.45) is 0 Å². The molecule has 0 unspecified atom stereocenters. The number of aromatic hydroxyl groups is 2. The highest BCUT2D eigenvalue weighted by molar-refractivity contribution is 9.10.